The van der Waals surface area contributed by atoms with Crippen molar-refractivity contribution in [2.24, 2.45) is 16.9 Å². The molecule has 0 radical (unpaired) electrons. The van der Waals surface area contributed by atoms with E-state index >= 15 is 0 Å². The first-order valence-electron chi connectivity index (χ1n) is 12.4. The number of anilines is 1. The number of hydrogen-bond donors (Lipinski definition) is 3. The summed E-state index contributed by atoms with van der Waals surface area (Å²) in [5.41, 5.74) is 16.1. The highest BCUT2D eigenvalue weighted by molar-refractivity contribution is 6.02. The maximum absolute atomic E-state index is 12.8. The third-order valence-corrected chi connectivity index (χ3v) is 8.28. The Labute approximate surface area is 210 Å². The van der Waals surface area contributed by atoms with Crippen LogP contribution in [0, 0.1) is 5.41 Å². The van der Waals surface area contributed by atoms with E-state index in [4.69, 9.17) is 16.2 Å². The number of morpholine rings is 1. The van der Waals surface area contributed by atoms with Gasteiger partial charge in [-0.05, 0) is 43.5 Å². The van der Waals surface area contributed by atoms with Crippen LogP contribution in [0.25, 0.3) is 16.6 Å². The van der Waals surface area contributed by atoms with E-state index in [0.717, 1.165) is 29.5 Å². The van der Waals surface area contributed by atoms with E-state index in [1.54, 1.807) is 4.52 Å². The molecule has 190 valence electrons. The first kappa shape index (κ1) is 24.3. The summed E-state index contributed by atoms with van der Waals surface area (Å²) in [5.74, 6) is -0.523. The minimum absolute atomic E-state index is 0.0113. The number of carbonyl (C=O) groups excluding carboxylic acids is 2. The van der Waals surface area contributed by atoms with Gasteiger partial charge in [0, 0.05) is 47.4 Å². The van der Waals surface area contributed by atoms with Crippen LogP contribution in [-0.2, 0) is 4.74 Å². The topological polar surface area (TPSA) is 128 Å². The number of ether oxygens (including phenoxy) is 1. The summed E-state index contributed by atoms with van der Waals surface area (Å²) in [6, 6.07) is 9.62. The maximum Gasteiger partial charge on any atom is 0.254 e. The number of primary amides is 1. The van der Waals surface area contributed by atoms with Crippen molar-refractivity contribution in [3.05, 3.63) is 53.9 Å². The smallest absolute Gasteiger partial charge is 0.254 e. The van der Waals surface area contributed by atoms with E-state index in [9.17, 15) is 9.59 Å². The second-order valence-electron chi connectivity index (χ2n) is 10.7. The van der Waals surface area contributed by atoms with E-state index in [2.05, 4.69) is 31.2 Å². The molecule has 0 bridgehead atoms. The molecule has 1 aliphatic carbocycles. The minimum Gasteiger partial charge on any atom is -0.379 e. The van der Waals surface area contributed by atoms with Gasteiger partial charge in [-0.25, -0.2) is 4.52 Å². The SMILES string of the molecule is CC1(C)[C@H](Nc2c(C(N)=O)cnn3cc(-c4ccc(C(=O)N5CCOCC5)cc4)cc23)CC[C@]1(C)N. The largest absolute Gasteiger partial charge is 0.379 e. The molecule has 1 saturated heterocycles. The molecule has 3 aromatic rings. The molecule has 0 unspecified atom stereocenters. The fraction of sp³-hybridized carbons (Fsp3) is 0.444. The highest BCUT2D eigenvalue weighted by atomic mass is 16.5. The van der Waals surface area contributed by atoms with Crippen molar-refractivity contribution >= 4 is 23.0 Å². The van der Waals surface area contributed by atoms with Crippen molar-refractivity contribution < 1.29 is 14.3 Å². The van der Waals surface area contributed by atoms with Crippen LogP contribution in [0.4, 0.5) is 5.69 Å². The molecule has 2 atom stereocenters. The van der Waals surface area contributed by atoms with Gasteiger partial charge in [0.05, 0.1) is 36.2 Å². The molecule has 3 heterocycles. The van der Waals surface area contributed by atoms with E-state index in [-0.39, 0.29) is 22.9 Å². The fourth-order valence-electron chi connectivity index (χ4n) is 5.26. The third kappa shape index (κ3) is 4.12. The minimum atomic E-state index is -0.535. The van der Waals surface area contributed by atoms with Crippen LogP contribution < -0.4 is 16.8 Å². The molecule has 1 aromatic carbocycles. The quantitative estimate of drug-likeness (QED) is 0.505. The fourth-order valence-corrected chi connectivity index (χ4v) is 5.26. The van der Waals surface area contributed by atoms with Crippen LogP contribution in [0.15, 0.2) is 42.7 Å². The number of fused-ring (bicyclic) bond motifs is 1. The summed E-state index contributed by atoms with van der Waals surface area (Å²) in [4.78, 5) is 26.9. The monoisotopic (exact) mass is 490 g/mol. The molecule has 9 nitrogen and oxygen atoms in total. The van der Waals surface area contributed by atoms with Gasteiger partial charge in [0.1, 0.15) is 0 Å². The highest BCUT2D eigenvalue weighted by Gasteiger charge is 2.49. The first-order chi connectivity index (χ1) is 17.1. The number of nitrogens with one attached hydrogen (secondary N) is 1. The average molecular weight is 491 g/mol. The van der Waals surface area contributed by atoms with Crippen LogP contribution in [0.3, 0.4) is 0 Å². The second-order valence-corrected chi connectivity index (χ2v) is 10.7. The zero-order valence-corrected chi connectivity index (χ0v) is 21.1. The molecular weight excluding hydrogens is 456 g/mol. The van der Waals surface area contributed by atoms with E-state index in [0.29, 0.717) is 43.1 Å². The third-order valence-electron chi connectivity index (χ3n) is 8.28. The highest BCUT2D eigenvalue weighted by Crippen LogP contribution is 2.46. The number of hydrogen-bond acceptors (Lipinski definition) is 6. The summed E-state index contributed by atoms with van der Waals surface area (Å²) in [6.45, 7) is 8.74. The Morgan fingerprint density at radius 3 is 2.42 bits per heavy atom. The van der Waals surface area contributed by atoms with Crippen molar-refractivity contribution in [2.75, 3.05) is 31.6 Å². The Morgan fingerprint density at radius 1 is 1.11 bits per heavy atom. The van der Waals surface area contributed by atoms with E-state index < -0.39 is 5.91 Å². The van der Waals surface area contributed by atoms with Crippen LogP contribution in [0.1, 0.15) is 54.3 Å². The molecule has 36 heavy (non-hydrogen) atoms. The van der Waals surface area contributed by atoms with E-state index in [1.807, 2.05) is 41.4 Å². The van der Waals surface area contributed by atoms with Gasteiger partial charge in [-0.3, -0.25) is 9.59 Å². The number of nitrogens with zero attached hydrogens (tertiary/aromatic N) is 3. The van der Waals surface area contributed by atoms with Gasteiger partial charge >= 0.3 is 0 Å². The Morgan fingerprint density at radius 2 is 1.81 bits per heavy atom. The second kappa shape index (κ2) is 8.90. The molecule has 5 rings (SSSR count). The van der Waals surface area contributed by atoms with E-state index in [1.165, 1.54) is 6.20 Å². The molecule has 2 aromatic heterocycles. The molecule has 2 aliphatic rings. The Kier molecular flexibility index (Phi) is 6.00. The molecule has 1 saturated carbocycles. The lowest BCUT2D eigenvalue weighted by molar-refractivity contribution is 0.0303. The molecule has 2 fully saturated rings. The molecule has 0 spiro atoms. The van der Waals surface area contributed by atoms with Crippen LogP contribution in [0.2, 0.25) is 0 Å². The predicted molar refractivity (Wildman–Crippen MR) is 139 cm³/mol. The summed E-state index contributed by atoms with van der Waals surface area (Å²) in [7, 11) is 0. The molecule has 2 amide bonds. The Hall–Kier alpha value is -3.43. The molecule has 5 N–H and O–H groups in total. The average Bonchev–Trinajstić information content (AvgIpc) is 3.38. The van der Waals surface area contributed by atoms with Gasteiger partial charge in [0.15, 0.2) is 0 Å². The van der Waals surface area contributed by atoms with Crippen molar-refractivity contribution in [3.8, 4) is 11.1 Å². The number of benzene rings is 1. The van der Waals surface area contributed by atoms with Gasteiger partial charge in [-0.15, -0.1) is 0 Å². The molecule has 9 heteroatoms. The number of nitrogens with two attached hydrogens (primary N) is 2. The number of carbonyl (C=O) groups is 2. The van der Waals surface area contributed by atoms with Gasteiger partial charge in [-0.2, -0.15) is 5.10 Å². The Balaban J connectivity index is 1.47. The number of rotatable bonds is 5. The lowest BCUT2D eigenvalue weighted by Crippen LogP contribution is -2.51. The maximum atomic E-state index is 12.8. The molecule has 1 aliphatic heterocycles. The van der Waals surface area contributed by atoms with Crippen LogP contribution in [0.5, 0.6) is 0 Å². The normalized spacial score (nSPS) is 23.7. The van der Waals surface area contributed by atoms with Crippen molar-refractivity contribution in [2.45, 2.75) is 45.2 Å². The summed E-state index contributed by atoms with van der Waals surface area (Å²) in [5, 5.41) is 8.04. The van der Waals surface area contributed by atoms with Crippen LogP contribution >= 0.6 is 0 Å². The van der Waals surface area contributed by atoms with Gasteiger partial charge < -0.3 is 26.4 Å². The van der Waals surface area contributed by atoms with Gasteiger partial charge in [-0.1, -0.05) is 26.0 Å². The lowest BCUT2D eigenvalue weighted by Gasteiger charge is -2.39. The zero-order valence-electron chi connectivity index (χ0n) is 21.1. The number of amides is 2. The predicted octanol–water partition coefficient (Wildman–Crippen LogP) is 2.89. The van der Waals surface area contributed by atoms with Crippen molar-refractivity contribution in [1.29, 1.82) is 0 Å². The summed E-state index contributed by atoms with van der Waals surface area (Å²) in [6.07, 6.45) is 5.19. The van der Waals surface area contributed by atoms with Crippen molar-refractivity contribution in [1.82, 2.24) is 14.5 Å². The van der Waals surface area contributed by atoms with Crippen molar-refractivity contribution in [3.63, 3.8) is 0 Å². The van der Waals surface area contributed by atoms with Gasteiger partial charge in [0.25, 0.3) is 11.8 Å². The summed E-state index contributed by atoms with van der Waals surface area (Å²) >= 11 is 0. The number of aromatic nitrogens is 2. The van der Waals surface area contributed by atoms with Crippen LogP contribution in [-0.4, -0.2) is 64.2 Å². The van der Waals surface area contributed by atoms with Gasteiger partial charge in [0.2, 0.25) is 0 Å². The zero-order chi connectivity index (χ0) is 25.7. The Bertz CT molecular complexity index is 1310. The molecular formula is C27H34N6O3. The first-order valence-corrected chi connectivity index (χ1v) is 12.4. The standard InChI is InChI=1S/C27H34N6O3/c1-26(2)22(8-9-27(26,3)29)31-23-20(24(28)34)15-30-33-16-19(14-21(23)33)17-4-6-18(7-5-17)25(35)32-10-12-36-13-11-32/h4-7,14-16,22,31H,8-13,29H2,1-3H3,(H2,28,34)/t22-,27+/m1/s1. The lowest BCUT2D eigenvalue weighted by atomic mass is 9.75. The summed E-state index contributed by atoms with van der Waals surface area (Å²) < 4.78 is 7.10.